The van der Waals surface area contributed by atoms with Crippen molar-refractivity contribution in [3.05, 3.63) is 69.6 Å². The van der Waals surface area contributed by atoms with Crippen LogP contribution in [0.2, 0.25) is 0 Å². The third kappa shape index (κ3) is 4.36. The zero-order chi connectivity index (χ0) is 21.7. The highest BCUT2D eigenvalue weighted by Gasteiger charge is 2.25. The molecule has 2 aromatic carbocycles. The van der Waals surface area contributed by atoms with E-state index in [1.165, 1.54) is 31.4 Å². The highest BCUT2D eigenvalue weighted by Crippen LogP contribution is 2.40. The van der Waals surface area contributed by atoms with Crippen LogP contribution in [0.3, 0.4) is 0 Å². The average Bonchev–Trinajstić information content (AvgIpc) is 2.77. The Morgan fingerprint density at radius 2 is 2.10 bits per heavy atom. The van der Waals surface area contributed by atoms with Gasteiger partial charge in [-0.2, -0.15) is 0 Å². The van der Waals surface area contributed by atoms with Gasteiger partial charge in [-0.3, -0.25) is 9.59 Å². The molecule has 2 aromatic rings. The largest absolute Gasteiger partial charge is 0.506 e. The number of hydrogen-bond acceptors (Lipinski definition) is 7. The summed E-state index contributed by atoms with van der Waals surface area (Å²) in [6.45, 7) is 1.46. The maximum Gasteiger partial charge on any atom is 0.193 e. The normalized spacial score (nSPS) is 14.4. The lowest BCUT2D eigenvalue weighted by Crippen LogP contribution is -2.24. The molecule has 0 fully saturated rings. The van der Waals surface area contributed by atoms with Gasteiger partial charge in [-0.05, 0) is 54.1 Å². The number of ketones is 1. The second-order valence-corrected chi connectivity index (χ2v) is 7.01. The molecule has 7 nitrogen and oxygen atoms in total. The molecule has 0 saturated heterocycles. The summed E-state index contributed by atoms with van der Waals surface area (Å²) < 4.78 is 5.28. The number of benzene rings is 2. The molecule has 0 saturated carbocycles. The SMILES string of the molecule is COc1cc(C=O)c(C2=CCN(C)CC2)c(O)c1C(=O)/C=C/c1cccc(N=O)c1. The molecule has 0 unspecified atom stereocenters. The molecule has 0 bridgehead atoms. The first-order valence-corrected chi connectivity index (χ1v) is 9.41. The average molecular weight is 406 g/mol. The smallest absolute Gasteiger partial charge is 0.193 e. The first kappa shape index (κ1) is 21.1. The summed E-state index contributed by atoms with van der Waals surface area (Å²) in [6, 6.07) is 7.94. The zero-order valence-corrected chi connectivity index (χ0v) is 16.8. The molecule has 0 atom stereocenters. The maximum absolute atomic E-state index is 12.9. The van der Waals surface area contributed by atoms with Crippen LogP contribution in [0.25, 0.3) is 11.6 Å². The van der Waals surface area contributed by atoms with E-state index in [-0.39, 0.29) is 28.3 Å². The van der Waals surface area contributed by atoms with Crippen LogP contribution < -0.4 is 4.74 Å². The second-order valence-electron chi connectivity index (χ2n) is 7.01. The number of phenols is 1. The lowest BCUT2D eigenvalue weighted by Gasteiger charge is -2.24. The molecular weight excluding hydrogens is 384 g/mol. The lowest BCUT2D eigenvalue weighted by molar-refractivity contribution is 0.104. The number of aldehydes is 1. The third-order valence-corrected chi connectivity index (χ3v) is 5.02. The summed E-state index contributed by atoms with van der Waals surface area (Å²) in [5.74, 6) is -0.643. The number of rotatable bonds is 7. The minimum Gasteiger partial charge on any atom is -0.506 e. The fraction of sp³-hybridized carbons (Fsp3) is 0.217. The monoisotopic (exact) mass is 406 g/mol. The van der Waals surface area contributed by atoms with Gasteiger partial charge in [0.2, 0.25) is 0 Å². The molecule has 30 heavy (non-hydrogen) atoms. The van der Waals surface area contributed by atoms with Crippen LogP contribution >= 0.6 is 0 Å². The molecular formula is C23H22N2O5. The Morgan fingerprint density at radius 1 is 1.30 bits per heavy atom. The molecule has 1 aliphatic rings. The summed E-state index contributed by atoms with van der Waals surface area (Å²) in [7, 11) is 3.36. The highest BCUT2D eigenvalue weighted by molar-refractivity contribution is 6.12. The standard InChI is InChI=1S/C23H22N2O5/c1-25-10-8-16(9-11-25)21-17(14-26)13-20(30-2)22(23(21)28)19(27)7-6-15-4-3-5-18(12-15)24-29/h3-8,12-14,28H,9-11H2,1-2H3/b7-6+. The topological polar surface area (TPSA) is 96.3 Å². The van der Waals surface area contributed by atoms with Gasteiger partial charge in [-0.25, -0.2) is 0 Å². The van der Waals surface area contributed by atoms with E-state index in [9.17, 15) is 19.6 Å². The molecule has 1 N–H and O–H groups in total. The van der Waals surface area contributed by atoms with Crippen molar-refractivity contribution < 1.29 is 19.4 Å². The van der Waals surface area contributed by atoms with Gasteiger partial charge in [0.05, 0.1) is 7.11 Å². The van der Waals surface area contributed by atoms with Crippen LogP contribution in [-0.2, 0) is 0 Å². The van der Waals surface area contributed by atoms with Crippen molar-refractivity contribution in [2.75, 3.05) is 27.2 Å². The van der Waals surface area contributed by atoms with E-state index in [2.05, 4.69) is 10.1 Å². The fourth-order valence-electron chi connectivity index (χ4n) is 3.43. The summed E-state index contributed by atoms with van der Waals surface area (Å²) in [5, 5.41) is 13.9. The highest BCUT2D eigenvalue weighted by atomic mass is 16.5. The van der Waals surface area contributed by atoms with Crippen LogP contribution in [0.1, 0.15) is 38.3 Å². The molecule has 1 aliphatic heterocycles. The van der Waals surface area contributed by atoms with Crippen molar-refractivity contribution in [1.29, 1.82) is 0 Å². The minimum absolute atomic E-state index is 0.0150. The van der Waals surface area contributed by atoms with E-state index < -0.39 is 5.78 Å². The summed E-state index contributed by atoms with van der Waals surface area (Å²) >= 11 is 0. The Bertz CT molecular complexity index is 1060. The molecule has 1 heterocycles. The van der Waals surface area contributed by atoms with E-state index in [0.717, 1.165) is 12.1 Å². The quantitative estimate of drug-likeness (QED) is 0.320. The molecule has 0 spiro atoms. The van der Waals surface area contributed by atoms with Crippen molar-refractivity contribution in [1.82, 2.24) is 4.90 Å². The van der Waals surface area contributed by atoms with Gasteiger partial charge in [-0.15, -0.1) is 4.91 Å². The summed E-state index contributed by atoms with van der Waals surface area (Å²) in [4.78, 5) is 37.4. The first-order chi connectivity index (χ1) is 14.5. The predicted octanol–water partition coefficient (Wildman–Crippen LogP) is 4.23. The van der Waals surface area contributed by atoms with Crippen LogP contribution in [0.5, 0.6) is 11.5 Å². The Labute approximate surface area is 174 Å². The maximum atomic E-state index is 12.9. The number of likely N-dealkylation sites (N-methyl/N-ethyl adjacent to an activating group) is 1. The number of allylic oxidation sites excluding steroid dienone is 1. The van der Waals surface area contributed by atoms with E-state index in [1.54, 1.807) is 18.2 Å². The lowest BCUT2D eigenvalue weighted by atomic mass is 9.90. The molecule has 0 aromatic heterocycles. The van der Waals surface area contributed by atoms with E-state index in [4.69, 9.17) is 4.74 Å². The molecule has 7 heteroatoms. The number of aromatic hydroxyl groups is 1. The number of carbonyl (C=O) groups excluding carboxylic acids is 2. The fourth-order valence-corrected chi connectivity index (χ4v) is 3.43. The first-order valence-electron chi connectivity index (χ1n) is 9.41. The summed E-state index contributed by atoms with van der Waals surface area (Å²) in [5.41, 5.74) is 2.30. The van der Waals surface area contributed by atoms with E-state index in [0.29, 0.717) is 30.4 Å². The number of nitrogens with zero attached hydrogens (tertiary/aromatic N) is 2. The Morgan fingerprint density at radius 3 is 2.73 bits per heavy atom. The Kier molecular flexibility index (Phi) is 6.54. The van der Waals surface area contributed by atoms with E-state index >= 15 is 0 Å². The van der Waals surface area contributed by atoms with Gasteiger partial charge in [0, 0.05) is 24.2 Å². The Hall–Kier alpha value is -3.58. The molecule has 0 amide bonds. The molecule has 3 rings (SSSR count). The van der Waals surface area contributed by atoms with Crippen molar-refractivity contribution in [2.45, 2.75) is 6.42 Å². The Balaban J connectivity index is 2.05. The van der Waals surface area contributed by atoms with Gasteiger partial charge >= 0.3 is 0 Å². The molecule has 0 radical (unpaired) electrons. The zero-order valence-electron chi connectivity index (χ0n) is 16.8. The number of methoxy groups -OCH3 is 1. The van der Waals surface area contributed by atoms with Gasteiger partial charge in [0.1, 0.15) is 22.7 Å². The van der Waals surface area contributed by atoms with Gasteiger partial charge < -0.3 is 14.7 Å². The van der Waals surface area contributed by atoms with Gasteiger partial charge in [0.15, 0.2) is 12.1 Å². The third-order valence-electron chi connectivity index (χ3n) is 5.02. The van der Waals surface area contributed by atoms with Crippen molar-refractivity contribution in [2.24, 2.45) is 5.18 Å². The van der Waals surface area contributed by atoms with Gasteiger partial charge in [-0.1, -0.05) is 24.3 Å². The second kappa shape index (κ2) is 9.28. The molecule has 154 valence electrons. The van der Waals surface area contributed by atoms with Gasteiger partial charge in [0.25, 0.3) is 0 Å². The number of phenolic OH excluding ortho intramolecular Hbond substituents is 1. The van der Waals surface area contributed by atoms with Crippen molar-refractivity contribution in [3.8, 4) is 11.5 Å². The minimum atomic E-state index is -0.485. The summed E-state index contributed by atoms with van der Waals surface area (Å²) in [6.07, 6.45) is 6.05. The molecule has 0 aliphatic carbocycles. The predicted molar refractivity (Wildman–Crippen MR) is 115 cm³/mol. The number of nitroso groups, excluding NO2 is 1. The van der Waals surface area contributed by atoms with Crippen LogP contribution in [-0.4, -0.2) is 49.3 Å². The van der Waals surface area contributed by atoms with Crippen LogP contribution in [0, 0.1) is 4.91 Å². The van der Waals surface area contributed by atoms with Crippen molar-refractivity contribution in [3.63, 3.8) is 0 Å². The van der Waals surface area contributed by atoms with Crippen LogP contribution in [0.15, 0.2) is 47.7 Å². The van der Waals surface area contributed by atoms with Crippen molar-refractivity contribution >= 4 is 29.4 Å². The number of carbonyl (C=O) groups is 2. The van der Waals surface area contributed by atoms with E-state index in [1.807, 2.05) is 13.1 Å². The number of ether oxygens (including phenoxy) is 1. The number of hydrogen-bond donors (Lipinski definition) is 1. The van der Waals surface area contributed by atoms with Crippen LogP contribution in [0.4, 0.5) is 5.69 Å².